The molecule has 2 rings (SSSR count). The molecule has 5 nitrogen and oxygen atoms in total. The third kappa shape index (κ3) is 16.8. The smallest absolute Gasteiger partial charge is 0.186 e. The third-order valence-corrected chi connectivity index (χ3v) is 4.85. The predicted octanol–water partition coefficient (Wildman–Crippen LogP) is 9.91. The molecule has 2 aromatic rings. The van der Waals surface area contributed by atoms with E-state index in [9.17, 15) is 19.2 Å². The van der Waals surface area contributed by atoms with Gasteiger partial charge in [0.1, 0.15) is 11.5 Å². The number of benzene rings is 2. The molecule has 2 aromatic carbocycles. The highest BCUT2D eigenvalue weighted by Crippen LogP contribution is 2.29. The van der Waals surface area contributed by atoms with Crippen LogP contribution in [0.1, 0.15) is 134 Å². The number of aromatic hydroxyl groups is 1. The molecule has 0 aromatic heterocycles. The summed E-state index contributed by atoms with van der Waals surface area (Å²) in [7, 11) is 0. The van der Waals surface area contributed by atoms with Gasteiger partial charge in [-0.05, 0) is 62.4 Å². The summed E-state index contributed by atoms with van der Waals surface area (Å²) in [5, 5.41) is 9.32. The maximum absolute atomic E-state index is 12.0. The average molecular weight is 537 g/mol. The van der Waals surface area contributed by atoms with E-state index in [1.54, 1.807) is 0 Å². The number of ether oxygens (including phenoxy) is 1. The Kier molecular flexibility index (Phi) is 26.8. The Morgan fingerprint density at radius 3 is 1.63 bits per heavy atom. The van der Waals surface area contributed by atoms with Crippen LogP contribution in [0.3, 0.4) is 0 Å². The lowest BCUT2D eigenvalue weighted by Crippen LogP contribution is -2.01. The number of rotatable bonds is 9. The van der Waals surface area contributed by atoms with Gasteiger partial charge in [0.25, 0.3) is 0 Å². The van der Waals surface area contributed by atoms with Crippen LogP contribution in [0.5, 0.6) is 17.2 Å². The largest absolute Gasteiger partial charge is 0.507 e. The molecule has 0 radical (unpaired) electrons. The number of Topliss-reactive ketones (excluding diaryl/α,β-unsaturated/α-hetero) is 2. The fourth-order valence-electron chi connectivity index (χ4n) is 2.78. The lowest BCUT2D eigenvalue weighted by Gasteiger charge is -2.09. The zero-order chi connectivity index (χ0) is 30.1. The summed E-state index contributed by atoms with van der Waals surface area (Å²) in [6.07, 6.45) is 7.15. The molecule has 0 spiro atoms. The van der Waals surface area contributed by atoms with E-state index in [0.717, 1.165) is 43.8 Å². The van der Waals surface area contributed by atoms with Crippen LogP contribution in [0.4, 0.5) is 4.53 Å². The second-order valence-corrected chi connectivity index (χ2v) is 8.25. The van der Waals surface area contributed by atoms with Crippen LogP contribution in [0.2, 0.25) is 0 Å². The Balaban J connectivity index is -0.000000493. The van der Waals surface area contributed by atoms with Gasteiger partial charge in [-0.1, -0.05) is 87.6 Å². The predicted molar refractivity (Wildman–Crippen MR) is 159 cm³/mol. The number of phenolic OH excluding ortho intramolecular Hbond substituents is 1. The van der Waals surface area contributed by atoms with Gasteiger partial charge < -0.3 is 9.84 Å². The normalized spacial score (nSPS) is 9.05. The molecule has 1 N–H and O–H groups in total. The number of hydrogen-bond donors (Lipinski definition) is 1. The van der Waals surface area contributed by atoms with Crippen molar-refractivity contribution < 1.29 is 28.9 Å². The molecule has 0 aliphatic carbocycles. The highest BCUT2D eigenvalue weighted by atomic mass is 19.3. The van der Waals surface area contributed by atoms with Gasteiger partial charge in [-0.3, -0.25) is 14.5 Å². The minimum atomic E-state index is -0.454. The van der Waals surface area contributed by atoms with Crippen molar-refractivity contribution >= 4 is 11.6 Å². The summed E-state index contributed by atoms with van der Waals surface area (Å²) in [4.78, 5) is 25.5. The van der Waals surface area contributed by atoms with Crippen molar-refractivity contribution in [3.05, 3.63) is 52.6 Å². The van der Waals surface area contributed by atoms with E-state index >= 15 is 0 Å². The summed E-state index contributed by atoms with van der Waals surface area (Å²) in [5.41, 5.74) is 2.74. The Labute approximate surface area is 231 Å². The van der Waals surface area contributed by atoms with E-state index < -0.39 is 23.1 Å². The highest BCUT2D eigenvalue weighted by Gasteiger charge is 2.16. The highest BCUT2D eigenvalue weighted by molar-refractivity contribution is 6.03. The number of hydrogen-bond acceptors (Lipinski definition) is 5. The summed E-state index contributed by atoms with van der Waals surface area (Å²) in [6, 6.07) is 8.44. The minimum absolute atomic E-state index is 0.0407. The molecule has 0 saturated carbocycles. The standard InChI is InChI=1S/C13H20O.C10H9FO4.C4H10.C3H8.C2H6/c1-4-9-14-13-8-7-11(5-2)12(6-3)10-13;1-5(12)7-3-8(6(2)13)10(15-11)4-9(7)14;1-3-4-2;1-3-2;1-2/h7-8,10H,4-6,9H2,1-3H3;3-4,14H,1-2H3;3-4H2,1-2H3;3H2,1-2H3;1-2H3. The molecule has 6 heteroatoms. The first-order valence-electron chi connectivity index (χ1n) is 14.0. The zero-order valence-corrected chi connectivity index (χ0v) is 25.8. The first-order chi connectivity index (χ1) is 18.1. The zero-order valence-electron chi connectivity index (χ0n) is 25.8. The SMILES string of the molecule is CC.CC(=O)c1cc(C(C)=O)c(OF)cc1O.CCC.CCCC.CCCOc1ccc(CC)c(CC)c1. The molecule has 0 atom stereocenters. The summed E-state index contributed by atoms with van der Waals surface area (Å²) < 4.78 is 17.6. The topological polar surface area (TPSA) is 72.8 Å². The van der Waals surface area contributed by atoms with Gasteiger partial charge in [0.2, 0.25) is 0 Å². The van der Waals surface area contributed by atoms with E-state index in [0.29, 0.717) is 0 Å². The van der Waals surface area contributed by atoms with Crippen molar-refractivity contribution in [2.45, 2.75) is 115 Å². The Morgan fingerprint density at radius 1 is 0.763 bits per heavy atom. The monoisotopic (exact) mass is 536 g/mol. The van der Waals surface area contributed by atoms with E-state index in [4.69, 9.17) is 4.74 Å². The number of aryl methyl sites for hydroxylation is 2. The van der Waals surface area contributed by atoms with Crippen molar-refractivity contribution in [3.8, 4) is 17.2 Å². The van der Waals surface area contributed by atoms with Crippen LogP contribution in [0, 0.1) is 0 Å². The van der Waals surface area contributed by atoms with Crippen LogP contribution in [0.25, 0.3) is 0 Å². The maximum Gasteiger partial charge on any atom is 0.186 e. The molecule has 0 unspecified atom stereocenters. The van der Waals surface area contributed by atoms with Gasteiger partial charge in [0.05, 0.1) is 17.7 Å². The molecule has 0 amide bonds. The molecule has 0 saturated heterocycles. The minimum Gasteiger partial charge on any atom is -0.507 e. The van der Waals surface area contributed by atoms with Gasteiger partial charge in [-0.15, -0.1) is 0 Å². The van der Waals surface area contributed by atoms with Crippen molar-refractivity contribution in [2.24, 2.45) is 0 Å². The number of ketones is 2. The second kappa shape index (κ2) is 25.7. The van der Waals surface area contributed by atoms with E-state index in [2.05, 4.69) is 71.6 Å². The van der Waals surface area contributed by atoms with Gasteiger partial charge in [-0.25, -0.2) is 0 Å². The maximum atomic E-state index is 12.0. The first kappa shape index (κ1) is 39.6. The van der Waals surface area contributed by atoms with Gasteiger partial charge >= 0.3 is 0 Å². The fourth-order valence-corrected chi connectivity index (χ4v) is 2.78. The number of unbranched alkanes of at least 4 members (excludes halogenated alkanes) is 1. The lowest BCUT2D eigenvalue weighted by molar-refractivity contribution is -0.00727. The Hall–Kier alpha value is -2.89. The van der Waals surface area contributed by atoms with E-state index in [1.165, 1.54) is 44.2 Å². The Bertz CT molecular complexity index is 892. The summed E-state index contributed by atoms with van der Waals surface area (Å²) in [6.45, 7) is 22.4. The second-order valence-electron chi connectivity index (χ2n) is 8.25. The number of phenols is 1. The van der Waals surface area contributed by atoms with Crippen molar-refractivity contribution in [3.63, 3.8) is 0 Å². The molecule has 0 bridgehead atoms. The molecule has 218 valence electrons. The number of carbonyl (C=O) groups is 2. The van der Waals surface area contributed by atoms with E-state index in [-0.39, 0.29) is 11.1 Å². The number of halogens is 1. The van der Waals surface area contributed by atoms with Crippen LogP contribution in [0.15, 0.2) is 30.3 Å². The molecule has 0 aliphatic heterocycles. The van der Waals surface area contributed by atoms with Gasteiger partial charge in [-0.2, -0.15) is 0 Å². The molecular weight excluding hydrogens is 483 g/mol. The van der Waals surface area contributed by atoms with Crippen molar-refractivity contribution in [1.82, 2.24) is 0 Å². The van der Waals surface area contributed by atoms with E-state index in [1.807, 2.05) is 13.8 Å². The quantitative estimate of drug-likeness (QED) is 0.323. The molecule has 0 heterocycles. The molecule has 0 fully saturated rings. The van der Waals surface area contributed by atoms with Crippen LogP contribution < -0.4 is 9.68 Å². The fraction of sp³-hybridized carbons (Fsp3) is 0.562. The van der Waals surface area contributed by atoms with Gasteiger partial charge in [0, 0.05) is 10.6 Å². The van der Waals surface area contributed by atoms with Gasteiger partial charge in [0.15, 0.2) is 17.3 Å². The Morgan fingerprint density at radius 2 is 1.26 bits per heavy atom. The van der Waals surface area contributed by atoms with Crippen LogP contribution in [-0.2, 0) is 12.8 Å². The average Bonchev–Trinajstić information content (AvgIpc) is 2.93. The molecule has 0 aliphatic rings. The van der Waals surface area contributed by atoms with Crippen LogP contribution >= 0.6 is 0 Å². The van der Waals surface area contributed by atoms with Crippen LogP contribution in [-0.4, -0.2) is 23.3 Å². The molecule has 38 heavy (non-hydrogen) atoms. The third-order valence-electron chi connectivity index (χ3n) is 4.85. The van der Waals surface area contributed by atoms with Crippen molar-refractivity contribution in [2.75, 3.05) is 6.61 Å². The lowest BCUT2D eigenvalue weighted by atomic mass is 10.0. The number of carbonyl (C=O) groups excluding carboxylic acids is 2. The summed E-state index contributed by atoms with van der Waals surface area (Å²) in [5.74, 6) is -0.670. The summed E-state index contributed by atoms with van der Waals surface area (Å²) >= 11 is 0. The molecular formula is C32H53FO5. The first-order valence-corrected chi connectivity index (χ1v) is 14.0. The van der Waals surface area contributed by atoms with Crippen molar-refractivity contribution in [1.29, 1.82) is 0 Å².